The first kappa shape index (κ1) is 14.8. The Kier molecular flexibility index (Phi) is 4.29. The van der Waals surface area contributed by atoms with Crippen molar-refractivity contribution < 1.29 is 13.2 Å². The molecule has 2 amide bonds. The molecule has 1 aliphatic rings. The summed E-state index contributed by atoms with van der Waals surface area (Å²) in [5, 5.41) is 6.67. The second-order valence-electron chi connectivity index (χ2n) is 4.68. The van der Waals surface area contributed by atoms with Crippen molar-refractivity contribution in [1.29, 1.82) is 0 Å². The molecular weight excluding hydrogens is 282 g/mol. The third-order valence-electron chi connectivity index (χ3n) is 3.18. The molecule has 1 unspecified atom stereocenters. The summed E-state index contributed by atoms with van der Waals surface area (Å²) in [4.78, 5) is 13.3. The number of carbonyl (C=O) groups is 1. The van der Waals surface area contributed by atoms with Crippen molar-refractivity contribution in [2.45, 2.75) is 24.4 Å². The Morgan fingerprint density at radius 2 is 2.30 bits per heavy atom. The number of amides is 2. The lowest BCUT2D eigenvalue weighted by atomic mass is 10.3. The van der Waals surface area contributed by atoms with Gasteiger partial charge in [-0.15, -0.1) is 0 Å². The number of urea groups is 1. The largest absolute Gasteiger partial charge is 0.338 e. The number of hydrogen-bond donors (Lipinski definition) is 2. The quantitative estimate of drug-likeness (QED) is 0.784. The van der Waals surface area contributed by atoms with E-state index in [9.17, 15) is 13.2 Å². The van der Waals surface area contributed by atoms with Crippen LogP contribution in [0.1, 0.15) is 13.3 Å². The number of rotatable bonds is 4. The summed E-state index contributed by atoms with van der Waals surface area (Å²) < 4.78 is 28.3. The topological polar surface area (TPSA) is 96.3 Å². The molecule has 0 aromatic carbocycles. The number of hydrogen-bond acceptors (Lipinski definition) is 4. The van der Waals surface area contributed by atoms with Gasteiger partial charge in [-0.3, -0.25) is 4.68 Å². The minimum Gasteiger partial charge on any atom is -0.338 e. The zero-order valence-corrected chi connectivity index (χ0v) is 12.4. The fourth-order valence-corrected chi connectivity index (χ4v) is 3.60. The van der Waals surface area contributed by atoms with E-state index in [-0.39, 0.29) is 17.1 Å². The molecule has 0 spiro atoms. The first-order chi connectivity index (χ1) is 9.44. The molecule has 0 radical (unpaired) electrons. The van der Waals surface area contributed by atoms with Crippen LogP contribution in [0.5, 0.6) is 0 Å². The van der Waals surface area contributed by atoms with E-state index in [1.165, 1.54) is 16.9 Å². The normalized spacial score (nSPS) is 19.3. The van der Waals surface area contributed by atoms with Gasteiger partial charge in [0.05, 0.1) is 6.20 Å². The van der Waals surface area contributed by atoms with Crippen molar-refractivity contribution >= 4 is 16.1 Å². The number of nitrogens with zero attached hydrogens (tertiary/aromatic N) is 3. The second kappa shape index (κ2) is 5.80. The highest BCUT2D eigenvalue weighted by atomic mass is 32.2. The molecule has 0 saturated carbocycles. The molecule has 2 N–H and O–H groups in total. The monoisotopic (exact) mass is 301 g/mol. The maximum Gasteiger partial charge on any atom is 0.317 e. The predicted molar refractivity (Wildman–Crippen MR) is 72.6 cm³/mol. The molecule has 8 nitrogen and oxygen atoms in total. The van der Waals surface area contributed by atoms with Crippen LogP contribution in [0, 0.1) is 0 Å². The van der Waals surface area contributed by atoms with Crippen molar-refractivity contribution in [3.8, 4) is 0 Å². The molecule has 1 aliphatic heterocycles. The van der Waals surface area contributed by atoms with Crippen LogP contribution in [0.2, 0.25) is 0 Å². The van der Waals surface area contributed by atoms with Gasteiger partial charge in [0.25, 0.3) is 10.0 Å². The molecule has 0 aliphatic carbocycles. The first-order valence-electron chi connectivity index (χ1n) is 6.47. The van der Waals surface area contributed by atoms with Gasteiger partial charge in [0.15, 0.2) is 5.03 Å². The van der Waals surface area contributed by atoms with E-state index in [0.29, 0.717) is 26.1 Å². The molecule has 0 bridgehead atoms. The van der Waals surface area contributed by atoms with Crippen LogP contribution in [0.15, 0.2) is 17.3 Å². The second-order valence-corrected chi connectivity index (χ2v) is 6.34. The van der Waals surface area contributed by atoms with Gasteiger partial charge < -0.3 is 10.2 Å². The highest BCUT2D eigenvalue weighted by Crippen LogP contribution is 2.13. The average molecular weight is 301 g/mol. The molecule has 112 valence electrons. The Morgan fingerprint density at radius 1 is 1.55 bits per heavy atom. The van der Waals surface area contributed by atoms with Crippen LogP contribution in [0.3, 0.4) is 0 Å². The Labute approximate surface area is 118 Å². The van der Waals surface area contributed by atoms with Crippen LogP contribution < -0.4 is 10.0 Å². The van der Waals surface area contributed by atoms with Crippen molar-refractivity contribution in [3.63, 3.8) is 0 Å². The fourth-order valence-electron chi connectivity index (χ4n) is 2.21. The summed E-state index contributed by atoms with van der Waals surface area (Å²) in [5.74, 6) is 0. The van der Waals surface area contributed by atoms with E-state index >= 15 is 0 Å². The summed E-state index contributed by atoms with van der Waals surface area (Å²) in [6.45, 7) is 3.32. The number of nitrogens with one attached hydrogen (secondary N) is 2. The summed E-state index contributed by atoms with van der Waals surface area (Å²) in [6, 6.07) is 1.02. The lowest BCUT2D eigenvalue weighted by Crippen LogP contribution is -2.42. The molecule has 20 heavy (non-hydrogen) atoms. The minimum atomic E-state index is -3.60. The van der Waals surface area contributed by atoms with Gasteiger partial charge >= 0.3 is 6.03 Å². The molecule has 1 saturated heterocycles. The van der Waals surface area contributed by atoms with Gasteiger partial charge in [-0.25, -0.2) is 17.9 Å². The fraction of sp³-hybridized carbons (Fsp3) is 0.636. The first-order valence-corrected chi connectivity index (χ1v) is 7.95. The van der Waals surface area contributed by atoms with Gasteiger partial charge in [0, 0.05) is 32.7 Å². The molecular formula is C11H19N5O3S. The van der Waals surface area contributed by atoms with E-state index < -0.39 is 10.0 Å². The van der Waals surface area contributed by atoms with Crippen LogP contribution in [-0.4, -0.2) is 54.8 Å². The highest BCUT2D eigenvalue weighted by Gasteiger charge is 2.30. The number of aryl methyl sites for hydroxylation is 1. The van der Waals surface area contributed by atoms with E-state index in [0.717, 1.165) is 0 Å². The summed E-state index contributed by atoms with van der Waals surface area (Å²) >= 11 is 0. The summed E-state index contributed by atoms with van der Waals surface area (Å²) in [6.07, 6.45) is 2.04. The molecule has 1 aromatic heterocycles. The SMILES string of the molecule is CCNC(=O)N1CCC(NS(=O)(=O)c2ccnn2C)C1. The van der Waals surface area contributed by atoms with Crippen molar-refractivity contribution in [2.75, 3.05) is 19.6 Å². The predicted octanol–water partition coefficient (Wildman–Crippen LogP) is -0.498. The van der Waals surface area contributed by atoms with Crippen molar-refractivity contribution in [3.05, 3.63) is 12.3 Å². The summed E-state index contributed by atoms with van der Waals surface area (Å²) in [7, 11) is -2.03. The van der Waals surface area contributed by atoms with E-state index in [4.69, 9.17) is 0 Å². The van der Waals surface area contributed by atoms with Crippen LogP contribution >= 0.6 is 0 Å². The Balaban J connectivity index is 1.99. The number of sulfonamides is 1. The zero-order valence-electron chi connectivity index (χ0n) is 11.5. The molecule has 9 heteroatoms. The molecule has 1 fully saturated rings. The van der Waals surface area contributed by atoms with Crippen LogP contribution in [0.4, 0.5) is 4.79 Å². The van der Waals surface area contributed by atoms with E-state index in [2.05, 4.69) is 15.1 Å². The number of aromatic nitrogens is 2. The Morgan fingerprint density at radius 3 is 2.90 bits per heavy atom. The zero-order chi connectivity index (χ0) is 14.8. The van der Waals surface area contributed by atoms with Gasteiger partial charge in [0.1, 0.15) is 0 Å². The molecule has 2 rings (SSSR count). The van der Waals surface area contributed by atoms with E-state index in [1.807, 2.05) is 6.92 Å². The minimum absolute atomic E-state index is 0.119. The maximum atomic E-state index is 12.2. The third kappa shape index (κ3) is 3.10. The van der Waals surface area contributed by atoms with Gasteiger partial charge in [0.2, 0.25) is 0 Å². The Bertz CT molecular complexity index is 583. The maximum absolute atomic E-state index is 12.2. The average Bonchev–Trinajstić information content (AvgIpc) is 2.98. The molecule has 1 aromatic rings. The third-order valence-corrected chi connectivity index (χ3v) is 4.77. The number of likely N-dealkylation sites (tertiary alicyclic amines) is 1. The smallest absolute Gasteiger partial charge is 0.317 e. The Hall–Kier alpha value is -1.61. The van der Waals surface area contributed by atoms with Crippen molar-refractivity contribution in [1.82, 2.24) is 24.7 Å². The van der Waals surface area contributed by atoms with E-state index in [1.54, 1.807) is 11.9 Å². The van der Waals surface area contributed by atoms with Crippen LogP contribution in [0.25, 0.3) is 0 Å². The molecule has 2 heterocycles. The summed E-state index contributed by atoms with van der Waals surface area (Å²) in [5.41, 5.74) is 0. The van der Waals surface area contributed by atoms with Gasteiger partial charge in [-0.2, -0.15) is 5.10 Å². The standard InChI is InChI=1S/C11H19N5O3S/c1-3-12-11(17)16-7-5-9(8-16)14-20(18,19)10-4-6-13-15(10)2/h4,6,9,14H,3,5,7-8H2,1-2H3,(H,12,17). The van der Waals surface area contributed by atoms with Crippen LogP contribution in [-0.2, 0) is 17.1 Å². The van der Waals surface area contributed by atoms with Gasteiger partial charge in [-0.1, -0.05) is 0 Å². The van der Waals surface area contributed by atoms with Crippen molar-refractivity contribution in [2.24, 2.45) is 7.05 Å². The number of carbonyl (C=O) groups excluding carboxylic acids is 1. The lowest BCUT2D eigenvalue weighted by molar-refractivity contribution is 0.208. The van der Waals surface area contributed by atoms with Gasteiger partial charge in [-0.05, 0) is 19.4 Å². The highest BCUT2D eigenvalue weighted by molar-refractivity contribution is 7.89. The lowest BCUT2D eigenvalue weighted by Gasteiger charge is -2.17. The molecule has 1 atom stereocenters.